The fraction of sp³-hybridized carbons (Fsp3) is 0.513. The minimum Gasteiger partial charge on any atom is -0.371 e. The Morgan fingerprint density at radius 1 is 0.886 bits per heavy atom. The van der Waals surface area contributed by atoms with Gasteiger partial charge in [0, 0.05) is 48.5 Å². The van der Waals surface area contributed by atoms with E-state index < -0.39 is 0 Å². The van der Waals surface area contributed by atoms with Crippen molar-refractivity contribution in [3.05, 3.63) is 89.4 Å². The number of nitrogens with one attached hydrogen (secondary N) is 1. The molecule has 3 rings (SSSR count). The van der Waals surface area contributed by atoms with E-state index in [1.54, 1.807) is 0 Å². The highest BCUT2D eigenvalue weighted by atomic mass is 15.4. The first-order valence-corrected chi connectivity index (χ1v) is 17.0. The van der Waals surface area contributed by atoms with Crippen LogP contribution in [0.25, 0.3) is 0 Å². The first kappa shape index (κ1) is 42.7. The van der Waals surface area contributed by atoms with Gasteiger partial charge in [0.25, 0.3) is 0 Å². The lowest BCUT2D eigenvalue weighted by molar-refractivity contribution is 0.491. The molecule has 0 unspecified atom stereocenters. The predicted molar refractivity (Wildman–Crippen MR) is 203 cm³/mol. The number of hydrogen-bond donors (Lipinski definition) is 1. The number of allylic oxidation sites excluding steroid dienone is 1. The number of benzene rings is 2. The summed E-state index contributed by atoms with van der Waals surface area (Å²) in [6.07, 6.45) is 4.36. The van der Waals surface area contributed by atoms with Gasteiger partial charge in [-0.15, -0.1) is 0 Å². The van der Waals surface area contributed by atoms with Crippen molar-refractivity contribution in [1.29, 1.82) is 0 Å². The van der Waals surface area contributed by atoms with Gasteiger partial charge in [-0.25, -0.2) is 4.99 Å². The molecule has 5 nitrogen and oxygen atoms in total. The van der Waals surface area contributed by atoms with Crippen molar-refractivity contribution in [2.45, 2.75) is 110 Å². The summed E-state index contributed by atoms with van der Waals surface area (Å²) in [5.41, 5.74) is 9.19. The molecule has 1 aliphatic rings. The monoisotopic (exact) mass is 606 g/mol. The molecular weight excluding hydrogens is 538 g/mol. The van der Waals surface area contributed by atoms with Crippen molar-refractivity contribution in [3.8, 4) is 0 Å². The number of amidine groups is 1. The predicted octanol–water partition coefficient (Wildman–Crippen LogP) is 11.5. The molecule has 1 aliphatic heterocycles. The molecule has 1 saturated heterocycles. The van der Waals surface area contributed by atoms with Crippen LogP contribution >= 0.6 is 0 Å². The second-order valence-corrected chi connectivity index (χ2v) is 9.65. The van der Waals surface area contributed by atoms with Gasteiger partial charge >= 0.3 is 0 Å². The molecule has 44 heavy (non-hydrogen) atoms. The maximum Gasteiger partial charge on any atom is 0.141 e. The highest BCUT2D eigenvalue weighted by Gasteiger charge is 2.29. The summed E-state index contributed by atoms with van der Waals surface area (Å²) in [6, 6.07) is 12.9. The number of rotatable bonds is 9. The second kappa shape index (κ2) is 23.9. The quantitative estimate of drug-likeness (QED) is 0.308. The number of hydrogen-bond acceptors (Lipinski definition) is 4. The van der Waals surface area contributed by atoms with E-state index in [0.29, 0.717) is 12.5 Å². The number of nitrogens with zero attached hydrogens (tertiary/aromatic N) is 4. The summed E-state index contributed by atoms with van der Waals surface area (Å²) >= 11 is 0. The van der Waals surface area contributed by atoms with Crippen LogP contribution in [0.15, 0.2) is 77.7 Å². The van der Waals surface area contributed by atoms with Crippen LogP contribution in [0.4, 0.5) is 17.1 Å². The third kappa shape index (κ3) is 11.9. The minimum atomic E-state index is 0.607. The fourth-order valence-corrected chi connectivity index (χ4v) is 5.03. The van der Waals surface area contributed by atoms with Gasteiger partial charge in [-0.2, -0.15) is 0 Å². The Labute approximate surface area is 273 Å². The van der Waals surface area contributed by atoms with Crippen molar-refractivity contribution < 1.29 is 0 Å². The number of likely N-dealkylation sites (N-methyl/N-ethyl adjacent to an activating group) is 1. The zero-order valence-corrected chi connectivity index (χ0v) is 31.3. The Bertz CT molecular complexity index is 1150. The lowest BCUT2D eigenvalue weighted by Gasteiger charge is -2.41. The number of para-hydroxylation sites is 1. The minimum absolute atomic E-state index is 0.607. The van der Waals surface area contributed by atoms with E-state index in [4.69, 9.17) is 4.99 Å². The molecule has 0 saturated carbocycles. The molecule has 2 aromatic rings. The molecule has 0 radical (unpaired) electrons. The summed E-state index contributed by atoms with van der Waals surface area (Å²) in [6.45, 7) is 40.5. The third-order valence-electron chi connectivity index (χ3n) is 6.64. The van der Waals surface area contributed by atoms with Crippen LogP contribution in [-0.2, 0) is 0 Å². The molecule has 5 heteroatoms. The number of aryl methyl sites for hydroxylation is 3. The summed E-state index contributed by atoms with van der Waals surface area (Å²) in [5.74, 6) is 1.48. The van der Waals surface area contributed by atoms with Crippen LogP contribution in [0.1, 0.15) is 106 Å². The van der Waals surface area contributed by atoms with Crippen molar-refractivity contribution in [3.63, 3.8) is 0 Å². The molecule has 0 atom stereocenters. The summed E-state index contributed by atoms with van der Waals surface area (Å²) < 4.78 is 0. The molecule has 1 fully saturated rings. The molecule has 1 N–H and O–H groups in total. The molecule has 0 aromatic heterocycles. The number of aliphatic imine (C=N–C) groups is 1. The van der Waals surface area contributed by atoms with Gasteiger partial charge in [0.2, 0.25) is 0 Å². The van der Waals surface area contributed by atoms with Crippen LogP contribution in [0.5, 0.6) is 0 Å². The van der Waals surface area contributed by atoms with Gasteiger partial charge in [-0.05, 0) is 75.4 Å². The van der Waals surface area contributed by atoms with Crippen molar-refractivity contribution in [2.24, 2.45) is 4.99 Å². The highest BCUT2D eigenvalue weighted by molar-refractivity contribution is 6.05. The topological polar surface area (TPSA) is 34.1 Å². The SMILES string of the molecule is C=C(/N=C1\C(=C/C)C(=C)N(c2c(C)cccc2C)CN1C)Nc1ccc(N(CCC)CCC)c(C)c1.CC.CC.CC.CC. The van der Waals surface area contributed by atoms with E-state index in [1.807, 2.05) is 62.3 Å². The zero-order chi connectivity index (χ0) is 34.4. The average molecular weight is 606 g/mol. The van der Waals surface area contributed by atoms with Crippen LogP contribution in [-0.4, -0.2) is 37.5 Å². The Morgan fingerprint density at radius 3 is 1.86 bits per heavy atom. The Morgan fingerprint density at radius 2 is 1.41 bits per heavy atom. The van der Waals surface area contributed by atoms with Gasteiger partial charge < -0.3 is 20.0 Å². The molecule has 0 spiro atoms. The van der Waals surface area contributed by atoms with Crippen molar-refractivity contribution >= 4 is 22.9 Å². The standard InChI is InChI=1S/C31H43N5.4C2H6/c1-10-18-35(19-11-2)29-17-16-27(20-24(29)6)32-26(8)33-31-28(12-3)25(7)36(21-34(31)9)30-22(4)14-13-15-23(30)5;4*1-2/h12-17,20,32H,7-8,10-11,18-19,21H2,1-6,9H3;4*1-2H3/b28-12-,33-31+;;;;. The summed E-state index contributed by atoms with van der Waals surface area (Å²) in [4.78, 5) is 11.8. The Kier molecular flexibility index (Phi) is 23.2. The van der Waals surface area contributed by atoms with Crippen molar-refractivity contribution in [2.75, 3.05) is 41.9 Å². The molecule has 0 amide bonds. The van der Waals surface area contributed by atoms with E-state index >= 15 is 0 Å². The van der Waals surface area contributed by atoms with Crippen LogP contribution < -0.4 is 15.1 Å². The zero-order valence-electron chi connectivity index (χ0n) is 31.3. The number of anilines is 3. The van der Waals surface area contributed by atoms with Crippen molar-refractivity contribution in [1.82, 2.24) is 4.90 Å². The lowest BCUT2D eigenvalue weighted by atomic mass is 10.0. The lowest BCUT2D eigenvalue weighted by Crippen LogP contribution is -2.46. The largest absolute Gasteiger partial charge is 0.371 e. The summed E-state index contributed by atoms with van der Waals surface area (Å²) in [5, 5.41) is 3.40. The van der Waals surface area contributed by atoms with Gasteiger partial charge in [0.15, 0.2) is 0 Å². The molecule has 1 heterocycles. The third-order valence-corrected chi connectivity index (χ3v) is 6.64. The maximum absolute atomic E-state index is 4.90. The van der Waals surface area contributed by atoms with E-state index in [2.05, 4.69) is 117 Å². The smallest absolute Gasteiger partial charge is 0.141 e. The highest BCUT2D eigenvalue weighted by Crippen LogP contribution is 2.34. The van der Waals surface area contributed by atoms with E-state index in [-0.39, 0.29) is 0 Å². The first-order chi connectivity index (χ1) is 21.2. The van der Waals surface area contributed by atoms with E-state index in [9.17, 15) is 0 Å². The molecular formula is C39H67N5. The van der Waals surface area contributed by atoms with Gasteiger partial charge in [-0.3, -0.25) is 0 Å². The molecule has 0 bridgehead atoms. The van der Waals surface area contributed by atoms with Crippen LogP contribution in [0.2, 0.25) is 0 Å². The van der Waals surface area contributed by atoms with E-state index in [1.165, 1.54) is 28.1 Å². The Hall–Kier alpha value is -3.47. The van der Waals surface area contributed by atoms with E-state index in [0.717, 1.165) is 48.7 Å². The van der Waals surface area contributed by atoms with Gasteiger partial charge in [0.05, 0.1) is 6.67 Å². The molecule has 0 aliphatic carbocycles. The average Bonchev–Trinajstić information content (AvgIpc) is 3.03. The van der Waals surface area contributed by atoms with Gasteiger partial charge in [-0.1, -0.05) is 107 Å². The maximum atomic E-state index is 4.90. The molecule has 2 aromatic carbocycles. The van der Waals surface area contributed by atoms with Crippen LogP contribution in [0, 0.1) is 20.8 Å². The fourth-order valence-electron chi connectivity index (χ4n) is 5.03. The van der Waals surface area contributed by atoms with Crippen LogP contribution in [0.3, 0.4) is 0 Å². The van der Waals surface area contributed by atoms with Gasteiger partial charge in [0.1, 0.15) is 11.7 Å². The second-order valence-electron chi connectivity index (χ2n) is 9.65. The first-order valence-electron chi connectivity index (χ1n) is 17.0. The summed E-state index contributed by atoms with van der Waals surface area (Å²) in [7, 11) is 2.07. The normalized spacial score (nSPS) is 13.8. The molecule has 248 valence electrons. The Balaban J connectivity index is 0.